The topological polar surface area (TPSA) is 88.2 Å². The number of morpholine rings is 1. The van der Waals surface area contributed by atoms with Gasteiger partial charge < -0.3 is 14.8 Å². The normalized spacial score (nSPS) is 18.9. The van der Waals surface area contributed by atoms with Crippen molar-refractivity contribution in [1.82, 2.24) is 14.5 Å². The van der Waals surface area contributed by atoms with Gasteiger partial charge in [-0.2, -0.15) is 4.31 Å². The third-order valence-electron chi connectivity index (χ3n) is 6.49. The number of carbonyl (C=O) groups excluding carboxylic acids is 1. The molecule has 0 aliphatic carbocycles. The van der Waals surface area contributed by atoms with Crippen LogP contribution in [0, 0.1) is 0 Å². The summed E-state index contributed by atoms with van der Waals surface area (Å²) >= 11 is 0. The van der Waals surface area contributed by atoms with Crippen molar-refractivity contribution >= 4 is 15.9 Å². The average molecular weight is 488 g/mol. The smallest absolute Gasteiger partial charge is 0.251 e. The summed E-state index contributed by atoms with van der Waals surface area (Å²) in [7, 11) is -1.96. The van der Waals surface area contributed by atoms with E-state index in [1.807, 2.05) is 24.3 Å². The van der Waals surface area contributed by atoms with Crippen LogP contribution in [-0.2, 0) is 14.8 Å². The van der Waals surface area contributed by atoms with Crippen LogP contribution in [-0.4, -0.2) is 76.6 Å². The summed E-state index contributed by atoms with van der Waals surface area (Å²) in [5.74, 6) is 0.489. The highest BCUT2D eigenvalue weighted by Gasteiger charge is 2.27. The van der Waals surface area contributed by atoms with Gasteiger partial charge in [-0.25, -0.2) is 8.42 Å². The number of amides is 1. The molecule has 0 bridgehead atoms. The van der Waals surface area contributed by atoms with E-state index in [4.69, 9.17) is 9.47 Å². The van der Waals surface area contributed by atoms with Gasteiger partial charge in [-0.1, -0.05) is 24.6 Å². The van der Waals surface area contributed by atoms with E-state index in [2.05, 4.69) is 10.2 Å². The van der Waals surface area contributed by atoms with Gasteiger partial charge in [-0.3, -0.25) is 9.69 Å². The van der Waals surface area contributed by atoms with E-state index in [0.29, 0.717) is 38.4 Å². The Kier molecular flexibility index (Phi) is 8.20. The molecule has 0 saturated carbocycles. The predicted octanol–water partition coefficient (Wildman–Crippen LogP) is 2.67. The third-order valence-corrected chi connectivity index (χ3v) is 8.39. The number of rotatable bonds is 8. The molecule has 0 radical (unpaired) electrons. The van der Waals surface area contributed by atoms with Crippen LogP contribution in [0.25, 0.3) is 0 Å². The third kappa shape index (κ3) is 5.78. The van der Waals surface area contributed by atoms with Crippen molar-refractivity contribution in [2.45, 2.75) is 30.2 Å². The molecule has 1 atom stereocenters. The average Bonchev–Trinajstić information content (AvgIpc) is 2.90. The van der Waals surface area contributed by atoms with E-state index in [1.54, 1.807) is 25.3 Å². The van der Waals surface area contributed by atoms with Gasteiger partial charge in [0.1, 0.15) is 5.75 Å². The monoisotopic (exact) mass is 487 g/mol. The lowest BCUT2D eigenvalue weighted by molar-refractivity contribution is 0.0162. The molecule has 2 heterocycles. The van der Waals surface area contributed by atoms with Gasteiger partial charge in [0.05, 0.1) is 31.3 Å². The van der Waals surface area contributed by atoms with Gasteiger partial charge in [-0.15, -0.1) is 0 Å². The van der Waals surface area contributed by atoms with Crippen LogP contribution >= 0.6 is 0 Å². The van der Waals surface area contributed by atoms with E-state index in [-0.39, 0.29) is 16.8 Å². The Morgan fingerprint density at radius 2 is 1.74 bits per heavy atom. The van der Waals surface area contributed by atoms with Gasteiger partial charge in [0.15, 0.2) is 0 Å². The Hall–Kier alpha value is -2.46. The first kappa shape index (κ1) is 24.7. The van der Waals surface area contributed by atoms with E-state index in [9.17, 15) is 13.2 Å². The minimum absolute atomic E-state index is 0.0287. The van der Waals surface area contributed by atoms with Gasteiger partial charge in [0, 0.05) is 38.3 Å². The fourth-order valence-corrected chi connectivity index (χ4v) is 6.08. The molecule has 1 amide bonds. The maximum absolute atomic E-state index is 13.0. The van der Waals surface area contributed by atoms with Gasteiger partial charge in [0.2, 0.25) is 10.0 Å². The van der Waals surface area contributed by atoms with Gasteiger partial charge >= 0.3 is 0 Å². The summed E-state index contributed by atoms with van der Waals surface area (Å²) in [6.45, 7) is 4.30. The highest BCUT2D eigenvalue weighted by Crippen LogP contribution is 2.25. The molecular formula is C25H33N3O5S. The number of ether oxygens (including phenoxy) is 2. The number of nitrogens with zero attached hydrogens (tertiary/aromatic N) is 2. The molecule has 4 rings (SSSR count). The minimum Gasteiger partial charge on any atom is -0.497 e. The SMILES string of the molecule is COc1ccc([C@@H](CNC(=O)c2cccc(S(=O)(=O)N3CCCCC3)c2)N2CCOCC2)cc1. The van der Waals surface area contributed by atoms with Crippen LogP contribution in [0.3, 0.4) is 0 Å². The molecule has 0 unspecified atom stereocenters. The van der Waals surface area contributed by atoms with E-state index in [1.165, 1.54) is 10.4 Å². The van der Waals surface area contributed by atoms with Gasteiger partial charge in [-0.05, 0) is 48.7 Å². The molecule has 2 aromatic carbocycles. The fourth-order valence-electron chi connectivity index (χ4n) is 4.52. The zero-order chi connectivity index (χ0) is 24.0. The molecule has 184 valence electrons. The maximum Gasteiger partial charge on any atom is 0.251 e. The second kappa shape index (κ2) is 11.3. The highest BCUT2D eigenvalue weighted by molar-refractivity contribution is 7.89. The van der Waals surface area contributed by atoms with Crippen LogP contribution < -0.4 is 10.1 Å². The molecule has 0 aromatic heterocycles. The number of hydrogen-bond acceptors (Lipinski definition) is 6. The summed E-state index contributed by atoms with van der Waals surface area (Å²) in [5.41, 5.74) is 1.41. The van der Waals surface area contributed by atoms with Crippen LogP contribution in [0.15, 0.2) is 53.4 Å². The van der Waals surface area contributed by atoms with Crippen molar-refractivity contribution in [3.63, 3.8) is 0 Å². The Labute approximate surface area is 201 Å². The number of hydrogen-bond donors (Lipinski definition) is 1. The van der Waals surface area contributed by atoms with Crippen molar-refractivity contribution in [1.29, 1.82) is 0 Å². The van der Waals surface area contributed by atoms with E-state index >= 15 is 0 Å². The molecule has 0 spiro atoms. The standard InChI is InChI=1S/C25H33N3O5S/c1-32-22-10-8-20(9-11-22)24(27-14-16-33-17-15-27)19-26-25(29)21-6-5-7-23(18-21)34(30,31)28-12-3-2-4-13-28/h5-11,18,24H,2-4,12-17,19H2,1H3,(H,26,29)/t24-/m1/s1. The van der Waals surface area contributed by atoms with Crippen molar-refractivity contribution in [2.75, 3.05) is 53.0 Å². The Balaban J connectivity index is 1.48. The number of piperidine rings is 1. The molecule has 2 saturated heterocycles. The minimum atomic E-state index is -3.60. The molecule has 2 aliphatic rings. The van der Waals surface area contributed by atoms with Crippen molar-refractivity contribution in [2.24, 2.45) is 0 Å². The Morgan fingerprint density at radius 3 is 2.41 bits per heavy atom. The quantitative estimate of drug-likeness (QED) is 0.616. The molecule has 9 heteroatoms. The summed E-state index contributed by atoms with van der Waals surface area (Å²) in [5, 5.41) is 3.02. The van der Waals surface area contributed by atoms with Crippen molar-refractivity contribution < 1.29 is 22.7 Å². The molecule has 2 aliphatic heterocycles. The molecule has 2 fully saturated rings. The Bertz CT molecular complexity index is 1060. The van der Waals surface area contributed by atoms with E-state index < -0.39 is 10.0 Å². The number of benzene rings is 2. The van der Waals surface area contributed by atoms with Gasteiger partial charge in [0.25, 0.3) is 5.91 Å². The lowest BCUT2D eigenvalue weighted by atomic mass is 10.0. The number of nitrogens with one attached hydrogen (secondary N) is 1. The lowest BCUT2D eigenvalue weighted by Crippen LogP contribution is -2.43. The molecular weight excluding hydrogens is 454 g/mol. The van der Waals surface area contributed by atoms with Crippen molar-refractivity contribution in [3.05, 3.63) is 59.7 Å². The summed E-state index contributed by atoms with van der Waals surface area (Å²) in [6, 6.07) is 14.2. The Morgan fingerprint density at radius 1 is 1.03 bits per heavy atom. The highest BCUT2D eigenvalue weighted by atomic mass is 32.2. The number of carbonyl (C=O) groups is 1. The first-order valence-electron chi connectivity index (χ1n) is 11.8. The second-order valence-electron chi connectivity index (χ2n) is 8.64. The molecule has 2 aromatic rings. The fraction of sp³-hybridized carbons (Fsp3) is 0.480. The predicted molar refractivity (Wildman–Crippen MR) is 130 cm³/mol. The zero-order valence-corrected chi connectivity index (χ0v) is 20.4. The summed E-state index contributed by atoms with van der Waals surface area (Å²) in [4.78, 5) is 15.5. The number of methoxy groups -OCH3 is 1. The first-order valence-corrected chi connectivity index (χ1v) is 13.3. The molecule has 8 nitrogen and oxygen atoms in total. The maximum atomic E-state index is 13.0. The van der Waals surface area contributed by atoms with E-state index in [0.717, 1.165) is 43.7 Å². The largest absolute Gasteiger partial charge is 0.497 e. The molecule has 1 N–H and O–H groups in total. The summed E-state index contributed by atoms with van der Waals surface area (Å²) < 4.78 is 38.4. The second-order valence-corrected chi connectivity index (χ2v) is 10.6. The van der Waals surface area contributed by atoms with Crippen LogP contribution in [0.2, 0.25) is 0 Å². The molecule has 34 heavy (non-hydrogen) atoms. The number of sulfonamides is 1. The van der Waals surface area contributed by atoms with Crippen LogP contribution in [0.4, 0.5) is 0 Å². The zero-order valence-electron chi connectivity index (χ0n) is 19.6. The summed E-state index contributed by atoms with van der Waals surface area (Å²) in [6.07, 6.45) is 2.79. The lowest BCUT2D eigenvalue weighted by Gasteiger charge is -2.35. The van der Waals surface area contributed by atoms with Crippen LogP contribution in [0.5, 0.6) is 5.75 Å². The van der Waals surface area contributed by atoms with Crippen LogP contribution in [0.1, 0.15) is 41.2 Å². The first-order chi connectivity index (χ1) is 16.5. The van der Waals surface area contributed by atoms with Crippen molar-refractivity contribution in [3.8, 4) is 5.75 Å².